The maximum absolute atomic E-state index is 13.4. The summed E-state index contributed by atoms with van der Waals surface area (Å²) in [7, 11) is -3.60. The number of sulfone groups is 1. The Balaban J connectivity index is 1.39. The van der Waals surface area contributed by atoms with Crippen molar-refractivity contribution in [3.05, 3.63) is 54.6 Å². The SMILES string of the molecule is O=C(O[C@@H]1CCCC[C@H]1S(=O)(=O)c1ccc2ccccc2c1)[C@@H]1C[C@@H]2C=C[C@H]1O2. The Morgan fingerprint density at radius 1 is 1.00 bits per heavy atom. The Hall–Kier alpha value is -2.18. The molecule has 5 atom stereocenters. The lowest BCUT2D eigenvalue weighted by Gasteiger charge is -2.32. The standard InChI is InChI=1S/C23H24O5S/c24-23(19-14-17-10-12-20(19)27-17)28-21-7-3-4-8-22(21)29(25,26)18-11-9-15-5-1-2-6-16(15)13-18/h1-2,5-6,9-13,17,19-22H,3-4,7-8,14H2/t17-,19+,20+,21+,22+/m0/s1. The zero-order valence-electron chi connectivity index (χ0n) is 16.1. The fourth-order valence-corrected chi connectivity index (χ4v) is 6.78. The smallest absolute Gasteiger partial charge is 0.312 e. The fraction of sp³-hybridized carbons (Fsp3) is 0.435. The van der Waals surface area contributed by atoms with Crippen LogP contribution in [0.25, 0.3) is 10.8 Å². The summed E-state index contributed by atoms with van der Waals surface area (Å²) in [6, 6.07) is 12.9. The second-order valence-corrected chi connectivity index (χ2v) is 10.4. The van der Waals surface area contributed by atoms with Crippen molar-refractivity contribution in [2.75, 3.05) is 0 Å². The van der Waals surface area contributed by atoms with Gasteiger partial charge in [0.1, 0.15) is 11.4 Å². The molecule has 5 rings (SSSR count). The van der Waals surface area contributed by atoms with E-state index in [1.807, 2.05) is 42.5 Å². The van der Waals surface area contributed by atoms with Crippen LogP contribution >= 0.6 is 0 Å². The molecule has 1 saturated heterocycles. The lowest BCUT2D eigenvalue weighted by molar-refractivity contribution is -0.156. The van der Waals surface area contributed by atoms with Gasteiger partial charge in [0, 0.05) is 0 Å². The van der Waals surface area contributed by atoms with Gasteiger partial charge < -0.3 is 9.47 Å². The van der Waals surface area contributed by atoms with Gasteiger partial charge in [-0.05, 0) is 48.6 Å². The van der Waals surface area contributed by atoms with Crippen LogP contribution in [0.15, 0.2) is 59.5 Å². The van der Waals surface area contributed by atoms with Gasteiger partial charge in [0.05, 0.1) is 23.0 Å². The minimum Gasteiger partial charge on any atom is -0.461 e. The third-order valence-electron chi connectivity index (χ3n) is 6.39. The van der Waals surface area contributed by atoms with Crippen LogP contribution in [0.5, 0.6) is 0 Å². The number of hydrogen-bond donors (Lipinski definition) is 0. The average Bonchev–Trinajstić information content (AvgIpc) is 3.37. The van der Waals surface area contributed by atoms with E-state index in [1.165, 1.54) is 0 Å². The molecule has 2 bridgehead atoms. The maximum atomic E-state index is 13.4. The van der Waals surface area contributed by atoms with Crippen molar-refractivity contribution in [1.82, 2.24) is 0 Å². The second-order valence-electron chi connectivity index (χ2n) is 8.22. The van der Waals surface area contributed by atoms with E-state index in [1.54, 1.807) is 12.1 Å². The highest BCUT2D eigenvalue weighted by Gasteiger charge is 2.45. The Labute approximate surface area is 170 Å². The molecule has 0 spiro atoms. The van der Waals surface area contributed by atoms with E-state index in [9.17, 15) is 13.2 Å². The van der Waals surface area contributed by atoms with Crippen LogP contribution in [0.2, 0.25) is 0 Å². The van der Waals surface area contributed by atoms with Gasteiger partial charge in [-0.1, -0.05) is 48.9 Å². The van der Waals surface area contributed by atoms with Crippen LogP contribution in [0.4, 0.5) is 0 Å². The number of ether oxygens (including phenoxy) is 2. The first-order valence-corrected chi connectivity index (χ1v) is 11.8. The number of rotatable bonds is 4. The van der Waals surface area contributed by atoms with Crippen LogP contribution in [0.1, 0.15) is 32.1 Å². The molecule has 3 aliphatic rings. The monoisotopic (exact) mass is 412 g/mol. The molecule has 1 saturated carbocycles. The highest BCUT2D eigenvalue weighted by atomic mass is 32.2. The van der Waals surface area contributed by atoms with Crippen molar-refractivity contribution >= 4 is 26.6 Å². The normalized spacial score (nSPS) is 31.2. The van der Waals surface area contributed by atoms with Gasteiger partial charge in [-0.15, -0.1) is 0 Å². The molecule has 1 aliphatic carbocycles. The third-order valence-corrected chi connectivity index (χ3v) is 8.64. The first-order chi connectivity index (χ1) is 14.0. The number of fused-ring (bicyclic) bond motifs is 3. The lowest BCUT2D eigenvalue weighted by Crippen LogP contribution is -2.42. The zero-order valence-corrected chi connectivity index (χ0v) is 16.9. The number of hydrogen-bond acceptors (Lipinski definition) is 5. The second kappa shape index (κ2) is 7.26. The molecule has 0 radical (unpaired) electrons. The molecule has 2 aromatic carbocycles. The summed E-state index contributed by atoms with van der Waals surface area (Å²) in [6.07, 6.45) is 6.45. The molecule has 6 heteroatoms. The highest BCUT2D eigenvalue weighted by Crippen LogP contribution is 2.37. The van der Waals surface area contributed by atoms with Gasteiger partial charge in [-0.2, -0.15) is 0 Å². The molecule has 2 heterocycles. The maximum Gasteiger partial charge on any atom is 0.312 e. The number of esters is 1. The van der Waals surface area contributed by atoms with Crippen molar-refractivity contribution in [2.24, 2.45) is 5.92 Å². The lowest BCUT2D eigenvalue weighted by atomic mass is 9.93. The van der Waals surface area contributed by atoms with E-state index in [0.717, 1.165) is 23.6 Å². The van der Waals surface area contributed by atoms with E-state index in [0.29, 0.717) is 24.2 Å². The van der Waals surface area contributed by atoms with Crippen molar-refractivity contribution in [3.63, 3.8) is 0 Å². The van der Waals surface area contributed by atoms with Crippen molar-refractivity contribution < 1.29 is 22.7 Å². The molecule has 0 amide bonds. The zero-order chi connectivity index (χ0) is 20.0. The summed E-state index contributed by atoms with van der Waals surface area (Å²) in [6.45, 7) is 0. The van der Waals surface area contributed by atoms with Gasteiger partial charge in [-0.25, -0.2) is 8.42 Å². The van der Waals surface area contributed by atoms with Gasteiger partial charge in [0.15, 0.2) is 9.84 Å². The van der Waals surface area contributed by atoms with Crippen molar-refractivity contribution in [2.45, 2.75) is 60.6 Å². The molecule has 2 aliphatic heterocycles. The topological polar surface area (TPSA) is 69.7 Å². The van der Waals surface area contributed by atoms with Gasteiger partial charge in [-0.3, -0.25) is 4.79 Å². The van der Waals surface area contributed by atoms with Crippen molar-refractivity contribution in [3.8, 4) is 0 Å². The van der Waals surface area contributed by atoms with Crippen molar-refractivity contribution in [1.29, 1.82) is 0 Å². The quantitative estimate of drug-likeness (QED) is 0.564. The van der Waals surface area contributed by atoms with E-state index in [-0.39, 0.29) is 24.1 Å². The molecule has 29 heavy (non-hydrogen) atoms. The van der Waals surface area contributed by atoms with Gasteiger partial charge in [0.25, 0.3) is 0 Å². The molecule has 0 N–H and O–H groups in total. The largest absolute Gasteiger partial charge is 0.461 e. The fourth-order valence-electron chi connectivity index (χ4n) is 4.81. The van der Waals surface area contributed by atoms with Crippen LogP contribution in [0.3, 0.4) is 0 Å². The van der Waals surface area contributed by atoms with E-state index < -0.39 is 21.2 Å². The molecule has 5 nitrogen and oxygen atoms in total. The predicted molar refractivity (Wildman–Crippen MR) is 109 cm³/mol. The molecule has 0 aromatic heterocycles. The molecule has 152 valence electrons. The number of carbonyl (C=O) groups excluding carboxylic acids is 1. The van der Waals surface area contributed by atoms with Gasteiger partial charge >= 0.3 is 5.97 Å². The Bertz CT molecular complexity index is 1070. The average molecular weight is 413 g/mol. The summed E-state index contributed by atoms with van der Waals surface area (Å²) < 4.78 is 38.4. The van der Waals surface area contributed by atoms with Crippen LogP contribution < -0.4 is 0 Å². The minimum absolute atomic E-state index is 0.0129. The minimum atomic E-state index is -3.60. The van der Waals surface area contributed by atoms with E-state index in [4.69, 9.17) is 9.47 Å². The molecule has 2 fully saturated rings. The predicted octanol–water partition coefficient (Wildman–Crippen LogP) is 3.81. The molecular weight excluding hydrogens is 388 g/mol. The first-order valence-electron chi connectivity index (χ1n) is 10.3. The third kappa shape index (κ3) is 3.38. The van der Waals surface area contributed by atoms with E-state index in [2.05, 4.69) is 0 Å². The molecular formula is C23H24O5S. The highest BCUT2D eigenvalue weighted by molar-refractivity contribution is 7.92. The Morgan fingerprint density at radius 2 is 1.79 bits per heavy atom. The number of carbonyl (C=O) groups is 1. The van der Waals surface area contributed by atoms with E-state index >= 15 is 0 Å². The summed E-state index contributed by atoms with van der Waals surface area (Å²) in [5.41, 5.74) is 0. The Morgan fingerprint density at radius 3 is 2.55 bits per heavy atom. The van der Waals surface area contributed by atoms with Crippen LogP contribution in [-0.2, 0) is 24.1 Å². The van der Waals surface area contributed by atoms with Gasteiger partial charge in [0.2, 0.25) is 0 Å². The van der Waals surface area contributed by atoms with Crippen LogP contribution in [0, 0.1) is 5.92 Å². The van der Waals surface area contributed by atoms with Crippen LogP contribution in [-0.4, -0.2) is 37.9 Å². The molecule has 0 unspecified atom stereocenters. The molecule has 2 aromatic rings. The summed E-state index contributed by atoms with van der Waals surface area (Å²) >= 11 is 0. The first kappa shape index (κ1) is 18.8. The summed E-state index contributed by atoms with van der Waals surface area (Å²) in [5.74, 6) is -0.650. The number of benzene rings is 2. The summed E-state index contributed by atoms with van der Waals surface area (Å²) in [5, 5.41) is 1.20. The Kier molecular flexibility index (Phi) is 4.71. The summed E-state index contributed by atoms with van der Waals surface area (Å²) in [4.78, 5) is 13.1.